The van der Waals surface area contributed by atoms with Crippen LogP contribution < -0.4 is 0 Å². The third-order valence-corrected chi connectivity index (χ3v) is 15.3. The number of methoxy groups -OCH3 is 1. The first kappa shape index (κ1) is 53.6. The Kier molecular flexibility index (Phi) is 19.1. The summed E-state index contributed by atoms with van der Waals surface area (Å²) in [6, 6.07) is -0.296. The van der Waals surface area contributed by atoms with Gasteiger partial charge in [-0.25, -0.2) is 0 Å². The molecule has 4 N–H and O–H groups in total. The van der Waals surface area contributed by atoms with Gasteiger partial charge in [-0.2, -0.15) is 0 Å². The molecule has 4 rings (SSSR count). The van der Waals surface area contributed by atoms with Crippen LogP contribution >= 0.6 is 0 Å². The standard InChI is InChI=1S/C47H89N3O12/c1-17-35-47(13,55)42-30(7)37(50(26-57-42)28(5)21-20-22-49(18-2)19-3)27(4)24-45(11,54)41(62-44-38(51)34(48(14)15)23-29(6)58-44)31(8)39(32(9)43(53)60-35)61-36-25-46(12,56-16)40(52)33(10)59-36/h27-42,44,51-52,54-55H,17-26H2,1-16H3/t27-,28?,29?,30+,31+,32-,33?,34?,35-,36?,37+,38?,39+,40?,41-,42-,44?,45-,46?,47-/m1/s1. The average Bonchev–Trinajstić information content (AvgIpc) is 3.20. The van der Waals surface area contributed by atoms with Crippen molar-refractivity contribution in [1.82, 2.24) is 14.7 Å². The Balaban J connectivity index is 1.85. The molecule has 4 fully saturated rings. The second kappa shape index (κ2) is 22.2. The van der Waals surface area contributed by atoms with Crippen molar-refractivity contribution in [3.63, 3.8) is 0 Å². The summed E-state index contributed by atoms with van der Waals surface area (Å²) >= 11 is 0. The molecule has 0 aromatic rings. The van der Waals surface area contributed by atoms with Gasteiger partial charge in [0.25, 0.3) is 0 Å². The molecule has 0 saturated carbocycles. The molecule has 2 bridgehead atoms. The first-order valence-corrected chi connectivity index (χ1v) is 23.8. The molecule has 9 unspecified atom stereocenters. The normalized spacial score (nSPS) is 46.1. The molecule has 0 amide bonds. The molecule has 0 spiro atoms. The highest BCUT2D eigenvalue weighted by Crippen LogP contribution is 2.44. The molecular weight excluding hydrogens is 799 g/mol. The van der Waals surface area contributed by atoms with Gasteiger partial charge in [0.05, 0.1) is 47.6 Å². The summed E-state index contributed by atoms with van der Waals surface area (Å²) < 4.78 is 45.2. The van der Waals surface area contributed by atoms with E-state index in [2.05, 4.69) is 44.4 Å². The lowest BCUT2D eigenvalue weighted by Gasteiger charge is -2.54. The third kappa shape index (κ3) is 11.9. The zero-order valence-electron chi connectivity index (χ0n) is 41.3. The molecule has 4 aliphatic rings. The zero-order chi connectivity index (χ0) is 46.6. The van der Waals surface area contributed by atoms with Crippen LogP contribution in [0.15, 0.2) is 0 Å². The molecule has 0 radical (unpaired) electrons. The Bertz CT molecular complexity index is 1390. The van der Waals surface area contributed by atoms with E-state index in [1.54, 1.807) is 34.6 Å². The van der Waals surface area contributed by atoms with Crippen LogP contribution in [0.25, 0.3) is 0 Å². The molecule has 4 aliphatic heterocycles. The van der Waals surface area contributed by atoms with Crippen LogP contribution in [0.4, 0.5) is 0 Å². The summed E-state index contributed by atoms with van der Waals surface area (Å²) in [5.41, 5.74) is -4.16. The van der Waals surface area contributed by atoms with Crippen LogP contribution in [0, 0.1) is 23.7 Å². The molecule has 4 saturated heterocycles. The predicted octanol–water partition coefficient (Wildman–Crippen LogP) is 4.39. The van der Waals surface area contributed by atoms with Gasteiger partial charge < -0.3 is 63.4 Å². The summed E-state index contributed by atoms with van der Waals surface area (Å²) in [6.45, 7) is 28.5. The number of rotatable bonds is 14. The van der Waals surface area contributed by atoms with E-state index in [1.807, 2.05) is 39.8 Å². The quantitative estimate of drug-likeness (QED) is 0.181. The van der Waals surface area contributed by atoms with Crippen molar-refractivity contribution in [3.05, 3.63) is 0 Å². The highest BCUT2D eigenvalue weighted by Gasteiger charge is 2.56. The van der Waals surface area contributed by atoms with Gasteiger partial charge in [0, 0.05) is 43.5 Å². The minimum atomic E-state index is -1.58. The summed E-state index contributed by atoms with van der Waals surface area (Å²) in [6.07, 6.45) is -5.28. The Morgan fingerprint density at radius 3 is 2.16 bits per heavy atom. The molecular formula is C47H89N3O12. The van der Waals surface area contributed by atoms with Crippen LogP contribution in [0.1, 0.15) is 129 Å². The van der Waals surface area contributed by atoms with Gasteiger partial charge in [-0.3, -0.25) is 9.69 Å². The lowest BCUT2D eigenvalue weighted by atomic mass is 9.71. The smallest absolute Gasteiger partial charge is 0.311 e. The van der Waals surface area contributed by atoms with Gasteiger partial charge in [-0.15, -0.1) is 0 Å². The molecule has 15 nitrogen and oxygen atoms in total. The summed E-state index contributed by atoms with van der Waals surface area (Å²) in [7, 11) is 5.36. The van der Waals surface area contributed by atoms with E-state index in [9.17, 15) is 25.2 Å². The van der Waals surface area contributed by atoms with Crippen LogP contribution in [0.2, 0.25) is 0 Å². The first-order chi connectivity index (χ1) is 28.9. The monoisotopic (exact) mass is 888 g/mol. The summed E-state index contributed by atoms with van der Waals surface area (Å²) in [5.74, 6) is -2.70. The van der Waals surface area contributed by atoms with Gasteiger partial charge in [-0.05, 0) is 120 Å². The van der Waals surface area contributed by atoms with E-state index in [4.69, 9.17) is 33.2 Å². The number of hydrogen-bond acceptors (Lipinski definition) is 15. The second-order valence-electron chi connectivity index (χ2n) is 20.5. The van der Waals surface area contributed by atoms with Crippen LogP contribution in [-0.2, 0) is 38.0 Å². The topological polar surface area (TPSA) is 172 Å². The number of hydrogen-bond donors (Lipinski definition) is 4. The largest absolute Gasteiger partial charge is 0.459 e. The number of likely N-dealkylation sites (N-methyl/N-ethyl adjacent to an activating group) is 1. The minimum absolute atomic E-state index is 0.129. The van der Waals surface area contributed by atoms with Crippen molar-refractivity contribution in [3.8, 4) is 0 Å². The number of carbonyl (C=O) groups excluding carboxylic acids is 1. The maximum absolute atomic E-state index is 14.6. The molecule has 0 aliphatic carbocycles. The van der Waals surface area contributed by atoms with E-state index >= 15 is 0 Å². The van der Waals surface area contributed by atoms with Crippen LogP contribution in [0.3, 0.4) is 0 Å². The van der Waals surface area contributed by atoms with Crippen molar-refractivity contribution in [1.29, 1.82) is 0 Å². The van der Waals surface area contributed by atoms with Crippen molar-refractivity contribution in [2.45, 2.75) is 225 Å². The lowest BCUT2D eigenvalue weighted by molar-refractivity contribution is -0.319. The maximum Gasteiger partial charge on any atom is 0.311 e. The third-order valence-electron chi connectivity index (χ3n) is 15.3. The van der Waals surface area contributed by atoms with E-state index in [-0.39, 0.29) is 55.6 Å². The van der Waals surface area contributed by atoms with Crippen LogP contribution in [-0.4, -0.2) is 185 Å². The molecule has 15 heteroatoms. The number of ether oxygens (including phenoxy) is 7. The minimum Gasteiger partial charge on any atom is -0.459 e. The lowest BCUT2D eigenvalue weighted by Crippen LogP contribution is -2.66. The van der Waals surface area contributed by atoms with Crippen molar-refractivity contribution < 1.29 is 58.4 Å². The Hall–Kier alpha value is -1.05. The SMILES string of the molecule is CC[C@H]1OC(=O)[C@H](C)[C@@H](OC2CC(C)(OC)C(O)C(C)O2)[C@H](C)[C@@H](OC2OC(C)CC(N(C)C)C2O)[C@](C)(O)C[C@@H](C)[C@H]2[C@H](C)[C@@H](OCN2C(C)CCCN(CC)CC)[C@]1(C)O. The predicted molar refractivity (Wildman–Crippen MR) is 237 cm³/mol. The van der Waals surface area contributed by atoms with E-state index in [0.29, 0.717) is 12.8 Å². The maximum atomic E-state index is 14.6. The summed E-state index contributed by atoms with van der Waals surface area (Å²) in [4.78, 5) is 21.4. The Morgan fingerprint density at radius 1 is 0.935 bits per heavy atom. The molecule has 4 heterocycles. The molecule has 0 aromatic carbocycles. The molecule has 0 aromatic heterocycles. The number of cyclic esters (lactones) is 1. The molecule has 62 heavy (non-hydrogen) atoms. The first-order valence-electron chi connectivity index (χ1n) is 23.8. The fourth-order valence-corrected chi connectivity index (χ4v) is 11.5. The highest BCUT2D eigenvalue weighted by molar-refractivity contribution is 5.73. The number of aliphatic hydroxyl groups is 4. The van der Waals surface area contributed by atoms with Crippen LogP contribution in [0.5, 0.6) is 0 Å². The fraction of sp³-hybridized carbons (Fsp3) is 0.979. The average molecular weight is 888 g/mol. The van der Waals surface area contributed by atoms with Gasteiger partial charge >= 0.3 is 5.97 Å². The Morgan fingerprint density at radius 2 is 1.58 bits per heavy atom. The van der Waals surface area contributed by atoms with E-state index in [1.165, 1.54) is 7.11 Å². The van der Waals surface area contributed by atoms with Gasteiger partial charge in [0.15, 0.2) is 12.6 Å². The fourth-order valence-electron chi connectivity index (χ4n) is 11.5. The van der Waals surface area contributed by atoms with Crippen molar-refractivity contribution >= 4 is 5.97 Å². The number of fused-ring (bicyclic) bond motifs is 2. The van der Waals surface area contributed by atoms with E-state index < -0.39 is 89.9 Å². The van der Waals surface area contributed by atoms with Gasteiger partial charge in [-0.1, -0.05) is 41.5 Å². The highest BCUT2D eigenvalue weighted by atomic mass is 16.7. The number of carbonyl (C=O) groups is 1. The molecule has 20 atom stereocenters. The van der Waals surface area contributed by atoms with Crippen molar-refractivity contribution in [2.24, 2.45) is 23.7 Å². The zero-order valence-corrected chi connectivity index (χ0v) is 41.3. The number of esters is 1. The molecule has 364 valence electrons. The van der Waals surface area contributed by atoms with Gasteiger partial charge in [0.1, 0.15) is 30.6 Å². The summed E-state index contributed by atoms with van der Waals surface area (Å²) in [5, 5.41) is 48.5. The van der Waals surface area contributed by atoms with E-state index in [0.717, 1.165) is 32.5 Å². The Labute approximate surface area is 374 Å². The van der Waals surface area contributed by atoms with Crippen molar-refractivity contribution in [2.75, 3.05) is 47.6 Å². The number of nitrogens with zero attached hydrogens (tertiary/aromatic N) is 3. The number of aliphatic hydroxyl groups excluding tert-OH is 2. The van der Waals surface area contributed by atoms with Gasteiger partial charge in [0.2, 0.25) is 0 Å². The second-order valence-corrected chi connectivity index (χ2v) is 20.5.